The van der Waals surface area contributed by atoms with E-state index in [4.69, 9.17) is 0 Å². The number of hydrogen-bond acceptors (Lipinski definition) is 4. The van der Waals surface area contributed by atoms with Gasteiger partial charge in [-0.15, -0.1) is 0 Å². The van der Waals surface area contributed by atoms with E-state index >= 15 is 0 Å². The normalized spacial score (nSPS) is 13.5. The van der Waals surface area contributed by atoms with Gasteiger partial charge in [0, 0.05) is 20.2 Å². The standard InChI is InChI=1S/C12H21N3O2/c1-12(2,3)10(16)8-15-11(17)6-9(7-13-15)14(4)5/h6-7,10,16H,8H2,1-5H3. The van der Waals surface area contributed by atoms with Crippen molar-refractivity contribution in [3.05, 3.63) is 22.6 Å². The zero-order valence-electron chi connectivity index (χ0n) is 11.1. The van der Waals surface area contributed by atoms with Crippen molar-refractivity contribution in [2.75, 3.05) is 19.0 Å². The summed E-state index contributed by atoms with van der Waals surface area (Å²) in [6.07, 6.45) is 1.02. The van der Waals surface area contributed by atoms with Gasteiger partial charge in [-0.3, -0.25) is 4.79 Å². The second kappa shape index (κ2) is 4.87. The van der Waals surface area contributed by atoms with Crippen LogP contribution in [0.4, 0.5) is 5.69 Å². The Morgan fingerprint density at radius 1 is 1.47 bits per heavy atom. The second-order valence-corrected chi connectivity index (χ2v) is 5.51. The molecule has 17 heavy (non-hydrogen) atoms. The molecule has 0 aromatic carbocycles. The Labute approximate surface area is 102 Å². The topological polar surface area (TPSA) is 58.4 Å². The number of aromatic nitrogens is 2. The van der Waals surface area contributed by atoms with E-state index in [2.05, 4.69) is 5.10 Å². The summed E-state index contributed by atoms with van der Waals surface area (Å²) in [7, 11) is 3.70. The third-order valence-corrected chi connectivity index (χ3v) is 2.72. The Balaban J connectivity index is 2.91. The molecule has 1 rings (SSSR count). The van der Waals surface area contributed by atoms with Crippen LogP contribution in [0.2, 0.25) is 0 Å². The van der Waals surface area contributed by atoms with Gasteiger partial charge in [0.2, 0.25) is 0 Å². The number of hydrogen-bond donors (Lipinski definition) is 1. The zero-order chi connectivity index (χ0) is 13.2. The zero-order valence-corrected chi connectivity index (χ0v) is 11.1. The van der Waals surface area contributed by atoms with Crippen molar-refractivity contribution < 1.29 is 5.11 Å². The highest BCUT2D eigenvalue weighted by molar-refractivity contribution is 5.40. The number of anilines is 1. The second-order valence-electron chi connectivity index (χ2n) is 5.51. The van der Waals surface area contributed by atoms with Gasteiger partial charge in [-0.05, 0) is 5.41 Å². The Morgan fingerprint density at radius 2 is 2.06 bits per heavy atom. The maximum atomic E-state index is 11.8. The molecule has 1 atom stereocenters. The summed E-state index contributed by atoms with van der Waals surface area (Å²) in [5.74, 6) is 0. The fraction of sp³-hybridized carbons (Fsp3) is 0.667. The monoisotopic (exact) mass is 239 g/mol. The van der Waals surface area contributed by atoms with Crippen LogP contribution in [0.1, 0.15) is 20.8 Å². The maximum Gasteiger partial charge on any atom is 0.268 e. The van der Waals surface area contributed by atoms with Crippen LogP contribution >= 0.6 is 0 Å². The number of nitrogens with zero attached hydrogens (tertiary/aromatic N) is 3. The summed E-state index contributed by atoms with van der Waals surface area (Å²) < 4.78 is 1.29. The lowest BCUT2D eigenvalue weighted by molar-refractivity contribution is 0.0438. The van der Waals surface area contributed by atoms with Crippen LogP contribution < -0.4 is 10.5 Å². The largest absolute Gasteiger partial charge is 0.391 e. The average molecular weight is 239 g/mol. The van der Waals surface area contributed by atoms with Crippen molar-refractivity contribution >= 4 is 5.69 Å². The van der Waals surface area contributed by atoms with E-state index in [9.17, 15) is 9.90 Å². The maximum absolute atomic E-state index is 11.8. The van der Waals surface area contributed by atoms with E-state index in [1.54, 1.807) is 6.20 Å². The third kappa shape index (κ3) is 3.56. The lowest BCUT2D eigenvalue weighted by Gasteiger charge is -2.25. The molecule has 0 aliphatic carbocycles. The average Bonchev–Trinajstić information content (AvgIpc) is 2.19. The van der Waals surface area contributed by atoms with Gasteiger partial charge in [-0.1, -0.05) is 20.8 Å². The Bertz CT molecular complexity index is 432. The molecule has 5 nitrogen and oxygen atoms in total. The van der Waals surface area contributed by atoms with Crippen molar-refractivity contribution in [2.45, 2.75) is 33.4 Å². The summed E-state index contributed by atoms with van der Waals surface area (Å²) in [6.45, 7) is 6.00. The first-order valence-corrected chi connectivity index (χ1v) is 5.64. The van der Waals surface area contributed by atoms with E-state index in [-0.39, 0.29) is 17.5 Å². The van der Waals surface area contributed by atoms with Gasteiger partial charge >= 0.3 is 0 Å². The van der Waals surface area contributed by atoms with Gasteiger partial charge in [0.25, 0.3) is 5.56 Å². The fourth-order valence-electron chi connectivity index (χ4n) is 1.24. The quantitative estimate of drug-likeness (QED) is 0.844. The molecule has 96 valence electrons. The Morgan fingerprint density at radius 3 is 2.47 bits per heavy atom. The lowest BCUT2D eigenvalue weighted by Crippen LogP contribution is -2.35. The molecular formula is C12H21N3O2. The van der Waals surface area contributed by atoms with Crippen LogP contribution in [-0.4, -0.2) is 35.1 Å². The first-order valence-electron chi connectivity index (χ1n) is 5.64. The van der Waals surface area contributed by atoms with Crippen LogP contribution in [0.5, 0.6) is 0 Å². The van der Waals surface area contributed by atoms with Gasteiger partial charge in [-0.25, -0.2) is 4.68 Å². The van der Waals surface area contributed by atoms with E-state index in [0.29, 0.717) is 0 Å². The van der Waals surface area contributed by atoms with Crippen LogP contribution in [-0.2, 0) is 6.54 Å². The van der Waals surface area contributed by atoms with Gasteiger partial charge < -0.3 is 10.0 Å². The molecule has 5 heteroatoms. The van der Waals surface area contributed by atoms with Crippen LogP contribution in [0, 0.1) is 5.41 Å². The molecule has 1 heterocycles. The minimum Gasteiger partial charge on any atom is -0.391 e. The van der Waals surface area contributed by atoms with Gasteiger partial charge in [0.15, 0.2) is 0 Å². The summed E-state index contributed by atoms with van der Waals surface area (Å²) in [5, 5.41) is 14.0. The highest BCUT2D eigenvalue weighted by atomic mass is 16.3. The van der Waals surface area contributed by atoms with Crippen molar-refractivity contribution in [3.8, 4) is 0 Å². The Hall–Kier alpha value is -1.36. The summed E-state index contributed by atoms with van der Waals surface area (Å²) >= 11 is 0. The molecule has 1 unspecified atom stereocenters. The summed E-state index contributed by atoms with van der Waals surface area (Å²) in [6, 6.07) is 1.52. The summed E-state index contributed by atoms with van der Waals surface area (Å²) in [5.41, 5.74) is 0.303. The van der Waals surface area contributed by atoms with Gasteiger partial charge in [0.05, 0.1) is 24.5 Å². The van der Waals surface area contributed by atoms with Crippen molar-refractivity contribution in [2.24, 2.45) is 5.41 Å². The Kier molecular flexibility index (Phi) is 3.93. The van der Waals surface area contributed by atoms with Crippen LogP contribution in [0.25, 0.3) is 0 Å². The lowest BCUT2D eigenvalue weighted by atomic mass is 9.89. The number of aliphatic hydroxyl groups excluding tert-OH is 1. The molecule has 0 aliphatic heterocycles. The minimum absolute atomic E-state index is 0.195. The molecule has 0 spiro atoms. The van der Waals surface area contributed by atoms with E-state index in [1.165, 1.54) is 10.7 Å². The van der Waals surface area contributed by atoms with E-state index < -0.39 is 6.10 Å². The smallest absolute Gasteiger partial charge is 0.268 e. The predicted molar refractivity (Wildman–Crippen MR) is 68.3 cm³/mol. The molecule has 0 saturated carbocycles. The molecule has 0 saturated heterocycles. The molecule has 0 bridgehead atoms. The van der Waals surface area contributed by atoms with Gasteiger partial charge in [-0.2, -0.15) is 5.10 Å². The molecular weight excluding hydrogens is 218 g/mol. The van der Waals surface area contributed by atoms with Crippen molar-refractivity contribution in [1.82, 2.24) is 9.78 Å². The highest BCUT2D eigenvalue weighted by Gasteiger charge is 2.23. The fourth-order valence-corrected chi connectivity index (χ4v) is 1.24. The number of aliphatic hydroxyl groups is 1. The van der Waals surface area contributed by atoms with E-state index in [1.807, 2.05) is 39.8 Å². The van der Waals surface area contributed by atoms with Crippen LogP contribution in [0.3, 0.4) is 0 Å². The first-order chi connectivity index (χ1) is 7.71. The molecule has 0 aliphatic rings. The molecule has 1 aromatic heterocycles. The SMILES string of the molecule is CN(C)c1cnn(CC(O)C(C)(C)C)c(=O)c1. The molecule has 1 aromatic rings. The molecule has 0 fully saturated rings. The number of rotatable bonds is 3. The first kappa shape index (κ1) is 13.7. The molecule has 0 amide bonds. The molecule has 0 radical (unpaired) electrons. The highest BCUT2D eigenvalue weighted by Crippen LogP contribution is 2.19. The van der Waals surface area contributed by atoms with Crippen LogP contribution in [0.15, 0.2) is 17.1 Å². The third-order valence-electron chi connectivity index (χ3n) is 2.72. The van der Waals surface area contributed by atoms with Crippen molar-refractivity contribution in [3.63, 3.8) is 0 Å². The van der Waals surface area contributed by atoms with Crippen molar-refractivity contribution in [1.29, 1.82) is 0 Å². The molecule has 1 N–H and O–H groups in total. The van der Waals surface area contributed by atoms with E-state index in [0.717, 1.165) is 5.69 Å². The summed E-state index contributed by atoms with van der Waals surface area (Å²) in [4.78, 5) is 13.6. The minimum atomic E-state index is -0.599. The predicted octanol–water partition coefficient (Wildman–Crippen LogP) is 0.716. The van der Waals surface area contributed by atoms with Gasteiger partial charge in [0.1, 0.15) is 0 Å².